The predicted molar refractivity (Wildman–Crippen MR) is 71.2 cm³/mol. The Bertz CT molecular complexity index is 360. The molecule has 0 saturated carbocycles. The zero-order chi connectivity index (χ0) is 12.2. The molecule has 6 heteroatoms. The third-order valence-corrected chi connectivity index (χ3v) is 3.15. The minimum atomic E-state index is -0.786. The second-order valence-electron chi connectivity index (χ2n) is 3.88. The van der Waals surface area contributed by atoms with Crippen LogP contribution in [0.25, 0.3) is 0 Å². The maximum absolute atomic E-state index is 9.94. The highest BCUT2D eigenvalue weighted by atomic mass is 35.5. The van der Waals surface area contributed by atoms with Gasteiger partial charge in [0.2, 0.25) is 0 Å². The molecule has 0 radical (unpaired) electrons. The Kier molecular flexibility index (Phi) is 4.70. The number of rotatable bonds is 5. The van der Waals surface area contributed by atoms with E-state index in [2.05, 4.69) is 10.3 Å². The maximum Gasteiger partial charge on any atom is 0.145 e. The molecule has 0 fully saturated rings. The molecule has 0 spiro atoms. The summed E-state index contributed by atoms with van der Waals surface area (Å²) in [5.41, 5.74) is 5.26. The number of thioether (sulfide) groups is 1. The topological polar surface area (TPSA) is 71.2 Å². The third kappa shape index (κ3) is 4.08. The quantitative estimate of drug-likeness (QED) is 0.755. The van der Waals surface area contributed by atoms with Crippen molar-refractivity contribution in [1.82, 2.24) is 4.98 Å². The number of hydrogen-bond acceptors (Lipinski definition) is 5. The van der Waals surface area contributed by atoms with Gasteiger partial charge in [0, 0.05) is 12.3 Å². The van der Waals surface area contributed by atoms with Gasteiger partial charge in [0.1, 0.15) is 5.82 Å². The van der Waals surface area contributed by atoms with Crippen LogP contribution in [0.2, 0.25) is 5.02 Å². The Balaban J connectivity index is 2.61. The molecule has 1 aromatic rings. The highest BCUT2D eigenvalue weighted by Gasteiger charge is 2.19. The van der Waals surface area contributed by atoms with E-state index in [0.29, 0.717) is 28.8 Å². The van der Waals surface area contributed by atoms with Gasteiger partial charge in [0.15, 0.2) is 0 Å². The molecular weight excluding hydrogens is 246 g/mol. The molecule has 1 aromatic heterocycles. The Morgan fingerprint density at radius 2 is 2.38 bits per heavy atom. The van der Waals surface area contributed by atoms with E-state index in [-0.39, 0.29) is 0 Å². The van der Waals surface area contributed by atoms with E-state index in [0.717, 1.165) is 0 Å². The number of nitrogens with one attached hydrogen (secondary N) is 1. The summed E-state index contributed by atoms with van der Waals surface area (Å²) in [7, 11) is 0. The molecule has 0 aliphatic carbocycles. The van der Waals surface area contributed by atoms with Crippen molar-refractivity contribution in [2.75, 3.05) is 29.6 Å². The van der Waals surface area contributed by atoms with Crippen molar-refractivity contribution in [3.05, 3.63) is 17.3 Å². The molecule has 1 rings (SSSR count). The van der Waals surface area contributed by atoms with E-state index in [1.807, 2.05) is 6.26 Å². The zero-order valence-corrected chi connectivity index (χ0v) is 10.9. The monoisotopic (exact) mass is 261 g/mol. The number of pyridine rings is 1. The van der Waals surface area contributed by atoms with Crippen LogP contribution in [0.5, 0.6) is 0 Å². The van der Waals surface area contributed by atoms with E-state index in [9.17, 15) is 5.11 Å². The van der Waals surface area contributed by atoms with Crippen LogP contribution in [-0.2, 0) is 0 Å². The first-order valence-corrected chi connectivity index (χ1v) is 6.58. The van der Waals surface area contributed by atoms with Gasteiger partial charge in [-0.3, -0.25) is 0 Å². The van der Waals surface area contributed by atoms with Crippen molar-refractivity contribution in [2.24, 2.45) is 0 Å². The van der Waals surface area contributed by atoms with Crippen LogP contribution in [-0.4, -0.2) is 34.2 Å². The largest absolute Gasteiger partial charge is 0.397 e. The minimum Gasteiger partial charge on any atom is -0.397 e. The van der Waals surface area contributed by atoms with E-state index >= 15 is 0 Å². The molecule has 0 saturated heterocycles. The van der Waals surface area contributed by atoms with Crippen molar-refractivity contribution >= 4 is 34.9 Å². The maximum atomic E-state index is 9.94. The lowest BCUT2D eigenvalue weighted by molar-refractivity contribution is 0.0996. The Labute approximate surface area is 105 Å². The third-order valence-electron chi connectivity index (χ3n) is 1.95. The van der Waals surface area contributed by atoms with Crippen molar-refractivity contribution in [2.45, 2.75) is 12.5 Å². The number of nitrogen functional groups attached to an aromatic ring is 1. The number of aromatic nitrogens is 1. The molecule has 0 aliphatic heterocycles. The fraction of sp³-hybridized carbons (Fsp3) is 0.500. The van der Waals surface area contributed by atoms with E-state index in [1.165, 1.54) is 6.20 Å². The van der Waals surface area contributed by atoms with Gasteiger partial charge in [-0.05, 0) is 19.2 Å². The number of aliphatic hydroxyl groups is 1. The average Bonchev–Trinajstić information content (AvgIpc) is 2.16. The molecule has 90 valence electrons. The first kappa shape index (κ1) is 13.4. The van der Waals surface area contributed by atoms with E-state index in [1.54, 1.807) is 24.8 Å². The van der Waals surface area contributed by atoms with Crippen molar-refractivity contribution in [1.29, 1.82) is 0 Å². The van der Waals surface area contributed by atoms with Gasteiger partial charge in [-0.25, -0.2) is 4.98 Å². The first-order valence-electron chi connectivity index (χ1n) is 4.81. The van der Waals surface area contributed by atoms with Gasteiger partial charge in [0.25, 0.3) is 0 Å². The van der Waals surface area contributed by atoms with E-state index < -0.39 is 5.60 Å². The molecule has 1 heterocycles. The number of anilines is 2. The van der Waals surface area contributed by atoms with Gasteiger partial charge < -0.3 is 16.2 Å². The van der Waals surface area contributed by atoms with Crippen molar-refractivity contribution in [3.63, 3.8) is 0 Å². The molecule has 1 unspecified atom stereocenters. The molecule has 0 aromatic carbocycles. The SMILES string of the molecule is CSCC(C)(O)CNc1ncc(N)cc1Cl. The molecule has 4 N–H and O–H groups in total. The minimum absolute atomic E-state index is 0.393. The second-order valence-corrected chi connectivity index (χ2v) is 5.16. The molecule has 0 aliphatic rings. The summed E-state index contributed by atoms with van der Waals surface area (Å²) in [5.74, 6) is 1.18. The Hall–Kier alpha value is -0.650. The lowest BCUT2D eigenvalue weighted by atomic mass is 10.1. The van der Waals surface area contributed by atoms with Gasteiger partial charge in [0.05, 0.1) is 22.5 Å². The van der Waals surface area contributed by atoms with Gasteiger partial charge >= 0.3 is 0 Å². The lowest BCUT2D eigenvalue weighted by Crippen LogP contribution is -2.36. The molecule has 1 atom stereocenters. The fourth-order valence-corrected chi connectivity index (χ4v) is 2.18. The van der Waals surface area contributed by atoms with Crippen LogP contribution < -0.4 is 11.1 Å². The summed E-state index contributed by atoms with van der Waals surface area (Å²) in [5, 5.41) is 13.4. The molecule has 4 nitrogen and oxygen atoms in total. The summed E-state index contributed by atoms with van der Waals surface area (Å²) in [6.45, 7) is 2.16. The summed E-state index contributed by atoms with van der Waals surface area (Å²) in [6.07, 6.45) is 3.47. The molecular formula is C10H16ClN3OS. The Morgan fingerprint density at radius 1 is 1.69 bits per heavy atom. The first-order chi connectivity index (χ1) is 7.44. The summed E-state index contributed by atoms with van der Waals surface area (Å²) in [4.78, 5) is 4.06. The van der Waals surface area contributed by atoms with Crippen LogP contribution in [0.1, 0.15) is 6.92 Å². The highest BCUT2D eigenvalue weighted by Crippen LogP contribution is 2.22. The molecule has 0 amide bonds. The van der Waals surface area contributed by atoms with E-state index in [4.69, 9.17) is 17.3 Å². The Morgan fingerprint density at radius 3 is 2.94 bits per heavy atom. The number of nitrogens with zero attached hydrogens (tertiary/aromatic N) is 1. The van der Waals surface area contributed by atoms with Gasteiger partial charge in [-0.2, -0.15) is 11.8 Å². The fourth-order valence-electron chi connectivity index (χ4n) is 1.22. The average molecular weight is 262 g/mol. The summed E-state index contributed by atoms with van der Waals surface area (Å²) >= 11 is 7.53. The van der Waals surface area contributed by atoms with Crippen molar-refractivity contribution < 1.29 is 5.11 Å². The highest BCUT2D eigenvalue weighted by molar-refractivity contribution is 7.98. The number of halogens is 1. The van der Waals surface area contributed by atoms with Crippen LogP contribution in [0, 0.1) is 0 Å². The summed E-state index contributed by atoms with van der Waals surface area (Å²) < 4.78 is 0. The standard InChI is InChI=1S/C10H16ClN3OS/c1-10(15,6-16-2)5-14-9-8(11)3-7(12)4-13-9/h3-4,15H,5-6,12H2,1-2H3,(H,13,14). The zero-order valence-electron chi connectivity index (χ0n) is 9.33. The van der Waals surface area contributed by atoms with Crippen LogP contribution in [0.4, 0.5) is 11.5 Å². The van der Waals surface area contributed by atoms with Crippen LogP contribution in [0.3, 0.4) is 0 Å². The predicted octanol–water partition coefficient (Wildman–Crippen LogP) is 1.84. The van der Waals surface area contributed by atoms with Gasteiger partial charge in [-0.1, -0.05) is 11.6 Å². The smallest absolute Gasteiger partial charge is 0.145 e. The second kappa shape index (κ2) is 5.61. The lowest BCUT2D eigenvalue weighted by Gasteiger charge is -2.23. The number of hydrogen-bond donors (Lipinski definition) is 3. The number of nitrogens with two attached hydrogens (primary N) is 1. The normalized spacial score (nSPS) is 14.5. The van der Waals surface area contributed by atoms with Gasteiger partial charge in [-0.15, -0.1) is 0 Å². The van der Waals surface area contributed by atoms with Crippen molar-refractivity contribution in [3.8, 4) is 0 Å². The summed E-state index contributed by atoms with van der Waals surface area (Å²) in [6, 6.07) is 1.63. The van der Waals surface area contributed by atoms with Crippen LogP contribution in [0.15, 0.2) is 12.3 Å². The molecule has 16 heavy (non-hydrogen) atoms. The van der Waals surface area contributed by atoms with Crippen LogP contribution >= 0.6 is 23.4 Å². The molecule has 0 bridgehead atoms.